The number of fused-ring (bicyclic) bond motifs is 1. The van der Waals surface area contributed by atoms with Gasteiger partial charge in [0.1, 0.15) is 0 Å². The second-order valence-corrected chi connectivity index (χ2v) is 3.71. The number of aromatic amines is 1. The number of H-pyrrole nitrogens is 1. The molecule has 0 radical (unpaired) electrons. The summed E-state index contributed by atoms with van der Waals surface area (Å²) in [7, 11) is 0. The first-order valence-corrected chi connectivity index (χ1v) is 5.13. The highest BCUT2D eigenvalue weighted by atomic mass is 16.6. The lowest BCUT2D eigenvalue weighted by atomic mass is 10.3. The van der Waals surface area contributed by atoms with E-state index in [0.29, 0.717) is 17.0 Å². The van der Waals surface area contributed by atoms with E-state index in [0.717, 1.165) is 0 Å². The first-order valence-electron chi connectivity index (χ1n) is 5.13. The fourth-order valence-corrected chi connectivity index (χ4v) is 1.45. The van der Waals surface area contributed by atoms with E-state index in [1.54, 1.807) is 12.1 Å². The number of aromatic nitrogens is 2. The van der Waals surface area contributed by atoms with Gasteiger partial charge in [-0.3, -0.25) is 10.1 Å². The number of rotatable bonds is 4. The minimum atomic E-state index is -0.431. The van der Waals surface area contributed by atoms with Crippen molar-refractivity contribution in [1.82, 2.24) is 9.97 Å². The van der Waals surface area contributed by atoms with E-state index in [2.05, 4.69) is 21.9 Å². The number of hydrogen-bond donors (Lipinski definition) is 2. The molecule has 2 N–H and O–H groups in total. The topological polar surface area (TPSA) is 83.8 Å². The van der Waals surface area contributed by atoms with E-state index in [-0.39, 0.29) is 11.7 Å². The molecule has 1 aromatic carbocycles. The van der Waals surface area contributed by atoms with Crippen molar-refractivity contribution in [2.24, 2.45) is 0 Å². The highest BCUT2D eigenvalue weighted by Crippen LogP contribution is 2.20. The zero-order chi connectivity index (χ0) is 12.4. The number of anilines is 1. The van der Waals surface area contributed by atoms with Crippen molar-refractivity contribution >= 4 is 22.7 Å². The molecule has 1 aromatic heterocycles. The molecule has 0 aliphatic carbocycles. The predicted octanol–water partition coefficient (Wildman–Crippen LogP) is 2.46. The van der Waals surface area contributed by atoms with Gasteiger partial charge in [-0.05, 0) is 13.0 Å². The zero-order valence-corrected chi connectivity index (χ0v) is 9.30. The lowest BCUT2D eigenvalue weighted by Gasteiger charge is -2.05. The number of benzene rings is 1. The molecule has 88 valence electrons. The SMILES string of the molecule is C=CC(C)Nc1nc2ccc([N+](=O)[O-])cc2[nH]1. The molecule has 0 aliphatic rings. The number of nitrogens with zero attached hydrogens (tertiary/aromatic N) is 2. The molecule has 0 fully saturated rings. The maximum Gasteiger partial charge on any atom is 0.271 e. The van der Waals surface area contributed by atoms with Crippen LogP contribution in [0.5, 0.6) is 0 Å². The molecule has 1 heterocycles. The van der Waals surface area contributed by atoms with E-state index >= 15 is 0 Å². The van der Waals surface area contributed by atoms with Gasteiger partial charge in [0.15, 0.2) is 0 Å². The third-order valence-electron chi connectivity index (χ3n) is 2.39. The molecule has 0 amide bonds. The number of nitro benzene ring substituents is 1. The summed E-state index contributed by atoms with van der Waals surface area (Å²) in [6.07, 6.45) is 1.75. The van der Waals surface area contributed by atoms with Crippen LogP contribution in [0.15, 0.2) is 30.9 Å². The van der Waals surface area contributed by atoms with E-state index in [4.69, 9.17) is 0 Å². The zero-order valence-electron chi connectivity index (χ0n) is 9.30. The number of nitrogens with one attached hydrogen (secondary N) is 2. The maximum atomic E-state index is 10.6. The quantitative estimate of drug-likeness (QED) is 0.481. The van der Waals surface area contributed by atoms with Gasteiger partial charge in [-0.1, -0.05) is 6.08 Å². The first-order chi connectivity index (χ1) is 8.10. The molecule has 0 saturated carbocycles. The van der Waals surface area contributed by atoms with Crippen molar-refractivity contribution in [2.75, 3.05) is 5.32 Å². The van der Waals surface area contributed by atoms with Crippen molar-refractivity contribution in [3.8, 4) is 0 Å². The van der Waals surface area contributed by atoms with Gasteiger partial charge in [-0.25, -0.2) is 4.98 Å². The summed E-state index contributed by atoms with van der Waals surface area (Å²) in [6.45, 7) is 5.59. The van der Waals surface area contributed by atoms with Crippen molar-refractivity contribution in [3.63, 3.8) is 0 Å². The van der Waals surface area contributed by atoms with Crippen LogP contribution in [0, 0.1) is 10.1 Å². The monoisotopic (exact) mass is 232 g/mol. The number of hydrogen-bond acceptors (Lipinski definition) is 4. The number of imidazole rings is 1. The largest absolute Gasteiger partial charge is 0.350 e. The number of non-ortho nitro benzene ring substituents is 1. The minimum Gasteiger partial charge on any atom is -0.350 e. The Kier molecular flexibility index (Phi) is 2.78. The molecule has 2 aromatic rings. The Morgan fingerprint density at radius 3 is 3.06 bits per heavy atom. The summed E-state index contributed by atoms with van der Waals surface area (Å²) in [6, 6.07) is 4.59. The molecule has 6 nitrogen and oxygen atoms in total. The maximum absolute atomic E-state index is 10.6. The van der Waals surface area contributed by atoms with E-state index in [1.165, 1.54) is 12.1 Å². The first kappa shape index (κ1) is 11.1. The fraction of sp³-hybridized carbons (Fsp3) is 0.182. The molecule has 2 rings (SSSR count). The molecule has 1 atom stereocenters. The lowest BCUT2D eigenvalue weighted by Crippen LogP contribution is -2.12. The molecular weight excluding hydrogens is 220 g/mol. The number of nitro groups is 1. The molecule has 17 heavy (non-hydrogen) atoms. The molecule has 1 unspecified atom stereocenters. The van der Waals surface area contributed by atoms with Crippen molar-refractivity contribution < 1.29 is 4.92 Å². The van der Waals surface area contributed by atoms with E-state index < -0.39 is 4.92 Å². The summed E-state index contributed by atoms with van der Waals surface area (Å²) >= 11 is 0. The van der Waals surface area contributed by atoms with Crippen LogP contribution in [0.1, 0.15) is 6.92 Å². The third kappa shape index (κ3) is 2.25. The summed E-state index contributed by atoms with van der Waals surface area (Å²) in [5.74, 6) is 0.577. The summed E-state index contributed by atoms with van der Waals surface area (Å²) < 4.78 is 0. The van der Waals surface area contributed by atoms with Crippen LogP contribution in [0.25, 0.3) is 11.0 Å². The Morgan fingerprint density at radius 1 is 1.65 bits per heavy atom. The lowest BCUT2D eigenvalue weighted by molar-refractivity contribution is -0.384. The van der Waals surface area contributed by atoms with Gasteiger partial charge in [0.05, 0.1) is 16.0 Å². The normalized spacial score (nSPS) is 12.3. The van der Waals surface area contributed by atoms with Gasteiger partial charge in [-0.15, -0.1) is 6.58 Å². The third-order valence-corrected chi connectivity index (χ3v) is 2.39. The Morgan fingerprint density at radius 2 is 2.41 bits per heavy atom. The van der Waals surface area contributed by atoms with Crippen LogP contribution in [0.4, 0.5) is 11.6 Å². The summed E-state index contributed by atoms with van der Waals surface area (Å²) in [5, 5.41) is 13.7. The molecule has 0 aliphatic heterocycles. The Balaban J connectivity index is 2.36. The van der Waals surface area contributed by atoms with Gasteiger partial charge in [0, 0.05) is 18.2 Å². The van der Waals surface area contributed by atoms with Gasteiger partial charge in [-0.2, -0.15) is 0 Å². The van der Waals surface area contributed by atoms with Gasteiger partial charge in [0.25, 0.3) is 5.69 Å². The Labute approximate surface area is 97.5 Å². The van der Waals surface area contributed by atoms with Crippen molar-refractivity contribution in [3.05, 3.63) is 41.0 Å². The van der Waals surface area contributed by atoms with Crippen LogP contribution in [0.3, 0.4) is 0 Å². The van der Waals surface area contributed by atoms with Crippen molar-refractivity contribution in [1.29, 1.82) is 0 Å². The molecular formula is C11H12N4O2. The van der Waals surface area contributed by atoms with Crippen LogP contribution >= 0.6 is 0 Å². The predicted molar refractivity (Wildman–Crippen MR) is 66.0 cm³/mol. The second-order valence-electron chi connectivity index (χ2n) is 3.71. The van der Waals surface area contributed by atoms with E-state index in [9.17, 15) is 10.1 Å². The standard InChI is InChI=1S/C11H12N4O2/c1-3-7(2)12-11-13-9-5-4-8(15(16)17)6-10(9)14-11/h3-7H,1H2,2H3,(H2,12,13,14). The molecule has 0 saturated heterocycles. The van der Waals surface area contributed by atoms with Crippen LogP contribution in [0.2, 0.25) is 0 Å². The van der Waals surface area contributed by atoms with E-state index in [1.807, 2.05) is 6.92 Å². The fourth-order valence-electron chi connectivity index (χ4n) is 1.45. The molecule has 0 spiro atoms. The van der Waals surface area contributed by atoms with Gasteiger partial charge in [0.2, 0.25) is 5.95 Å². The van der Waals surface area contributed by atoms with Crippen molar-refractivity contribution in [2.45, 2.75) is 13.0 Å². The average Bonchev–Trinajstić information content (AvgIpc) is 2.69. The van der Waals surface area contributed by atoms with Gasteiger partial charge >= 0.3 is 0 Å². The highest BCUT2D eigenvalue weighted by Gasteiger charge is 2.09. The summed E-state index contributed by atoms with van der Waals surface area (Å²) in [5.41, 5.74) is 1.37. The minimum absolute atomic E-state index is 0.0458. The molecule has 0 bridgehead atoms. The Hall–Kier alpha value is -2.37. The summed E-state index contributed by atoms with van der Waals surface area (Å²) in [4.78, 5) is 17.4. The molecule has 6 heteroatoms. The van der Waals surface area contributed by atoms with Crippen LogP contribution in [-0.4, -0.2) is 20.9 Å². The second kappa shape index (κ2) is 4.25. The van der Waals surface area contributed by atoms with Crippen LogP contribution in [-0.2, 0) is 0 Å². The smallest absolute Gasteiger partial charge is 0.271 e. The van der Waals surface area contributed by atoms with Gasteiger partial charge < -0.3 is 10.3 Å². The average molecular weight is 232 g/mol. The van der Waals surface area contributed by atoms with Crippen LogP contribution < -0.4 is 5.32 Å². The Bertz CT molecular complexity index is 576. The highest BCUT2D eigenvalue weighted by molar-refractivity contribution is 5.79.